The summed E-state index contributed by atoms with van der Waals surface area (Å²) in [5.41, 5.74) is 1.67. The molecule has 24 heavy (non-hydrogen) atoms. The van der Waals surface area contributed by atoms with Gasteiger partial charge in [0.05, 0.1) is 6.04 Å². The van der Waals surface area contributed by atoms with E-state index in [2.05, 4.69) is 26.6 Å². The van der Waals surface area contributed by atoms with Gasteiger partial charge in [0.2, 0.25) is 5.91 Å². The minimum Gasteiger partial charge on any atom is -0.355 e. The first kappa shape index (κ1) is 15.0. The number of hydrogen-bond donors (Lipinski definition) is 3. The van der Waals surface area contributed by atoms with Crippen molar-refractivity contribution in [1.82, 2.24) is 15.6 Å². The predicted octanol–water partition coefficient (Wildman–Crippen LogP) is 1.49. The smallest absolute Gasteiger partial charge is 0.237 e. The molecule has 0 aliphatic carbocycles. The van der Waals surface area contributed by atoms with E-state index >= 15 is 0 Å². The third-order valence-electron chi connectivity index (χ3n) is 5.03. The van der Waals surface area contributed by atoms with Crippen LogP contribution < -0.4 is 15.5 Å². The van der Waals surface area contributed by atoms with E-state index in [0.29, 0.717) is 5.56 Å². The number of para-hydroxylation sites is 1. The van der Waals surface area contributed by atoms with E-state index in [1.807, 2.05) is 24.3 Å². The highest BCUT2D eigenvalue weighted by Crippen LogP contribution is 2.30. The SMILES string of the molecule is N#Cc1c(N2CCC(NC(=O)C3CCCN3)C2)[nH]c2ccccc12. The Morgan fingerprint density at radius 1 is 1.33 bits per heavy atom. The van der Waals surface area contributed by atoms with E-state index in [1.54, 1.807) is 0 Å². The summed E-state index contributed by atoms with van der Waals surface area (Å²) < 4.78 is 0. The van der Waals surface area contributed by atoms with Crippen molar-refractivity contribution in [2.24, 2.45) is 0 Å². The maximum Gasteiger partial charge on any atom is 0.237 e. The second-order valence-corrected chi connectivity index (χ2v) is 6.60. The molecule has 2 atom stereocenters. The fourth-order valence-corrected chi connectivity index (χ4v) is 3.77. The van der Waals surface area contributed by atoms with Gasteiger partial charge in [-0.3, -0.25) is 4.79 Å². The van der Waals surface area contributed by atoms with Gasteiger partial charge in [0, 0.05) is 30.0 Å². The number of anilines is 1. The van der Waals surface area contributed by atoms with Gasteiger partial charge in [-0.1, -0.05) is 18.2 Å². The summed E-state index contributed by atoms with van der Waals surface area (Å²) in [4.78, 5) is 17.8. The Balaban J connectivity index is 1.49. The van der Waals surface area contributed by atoms with Crippen molar-refractivity contribution in [1.29, 1.82) is 5.26 Å². The molecule has 124 valence electrons. The van der Waals surface area contributed by atoms with Gasteiger partial charge < -0.3 is 20.5 Å². The minimum atomic E-state index is -0.0400. The molecule has 1 aromatic carbocycles. The van der Waals surface area contributed by atoms with E-state index in [9.17, 15) is 10.1 Å². The van der Waals surface area contributed by atoms with Gasteiger partial charge in [0.1, 0.15) is 17.5 Å². The topological polar surface area (TPSA) is 83.9 Å². The molecule has 2 fully saturated rings. The Morgan fingerprint density at radius 3 is 3.00 bits per heavy atom. The molecule has 4 rings (SSSR count). The van der Waals surface area contributed by atoms with Crippen LogP contribution in [0.5, 0.6) is 0 Å². The average molecular weight is 323 g/mol. The first-order chi connectivity index (χ1) is 11.8. The second-order valence-electron chi connectivity index (χ2n) is 6.60. The lowest BCUT2D eigenvalue weighted by Crippen LogP contribution is -2.46. The van der Waals surface area contributed by atoms with Crippen LogP contribution >= 0.6 is 0 Å². The summed E-state index contributed by atoms with van der Waals surface area (Å²) in [6, 6.07) is 10.3. The summed E-state index contributed by atoms with van der Waals surface area (Å²) >= 11 is 0. The standard InChI is InChI=1S/C18H21N5O/c19-10-14-13-4-1-2-5-15(13)22-17(14)23-9-7-12(11-23)21-18(24)16-6-3-8-20-16/h1-2,4-5,12,16,20,22H,3,6-9,11H2,(H,21,24). The lowest BCUT2D eigenvalue weighted by atomic mass is 10.2. The highest BCUT2D eigenvalue weighted by molar-refractivity contribution is 5.92. The molecule has 6 nitrogen and oxygen atoms in total. The van der Waals surface area contributed by atoms with E-state index < -0.39 is 0 Å². The number of nitrogens with zero attached hydrogens (tertiary/aromatic N) is 2. The molecule has 2 aliphatic rings. The molecule has 2 aliphatic heterocycles. The summed E-state index contributed by atoms with van der Waals surface area (Å²) in [6.45, 7) is 2.50. The summed E-state index contributed by atoms with van der Waals surface area (Å²) in [5.74, 6) is 0.978. The van der Waals surface area contributed by atoms with Crippen molar-refractivity contribution >= 4 is 22.6 Å². The highest BCUT2D eigenvalue weighted by Gasteiger charge is 2.30. The highest BCUT2D eigenvalue weighted by atomic mass is 16.2. The first-order valence-corrected chi connectivity index (χ1v) is 8.56. The molecule has 6 heteroatoms. The zero-order chi connectivity index (χ0) is 16.5. The lowest BCUT2D eigenvalue weighted by Gasteiger charge is -2.19. The number of carbonyl (C=O) groups excluding carboxylic acids is 1. The second kappa shape index (κ2) is 6.17. The Labute approximate surface area is 140 Å². The molecule has 3 N–H and O–H groups in total. The number of aromatic nitrogens is 1. The summed E-state index contributed by atoms with van der Waals surface area (Å²) in [7, 11) is 0. The molecule has 2 unspecified atom stereocenters. The molecule has 2 aromatic rings. The van der Waals surface area contributed by atoms with Crippen molar-refractivity contribution in [3.05, 3.63) is 29.8 Å². The number of rotatable bonds is 3. The molecular weight excluding hydrogens is 302 g/mol. The summed E-state index contributed by atoms with van der Waals surface area (Å²) in [6.07, 6.45) is 2.89. The normalized spacial score (nSPS) is 23.5. The Hall–Kier alpha value is -2.52. The Bertz CT molecular complexity index is 799. The molecule has 0 saturated carbocycles. The third-order valence-corrected chi connectivity index (χ3v) is 5.03. The maximum atomic E-state index is 12.3. The first-order valence-electron chi connectivity index (χ1n) is 8.56. The van der Waals surface area contributed by atoms with Crippen molar-refractivity contribution in [3.8, 4) is 6.07 Å². The number of hydrogen-bond acceptors (Lipinski definition) is 4. The number of benzene rings is 1. The molecule has 0 spiro atoms. The fourth-order valence-electron chi connectivity index (χ4n) is 3.77. The van der Waals surface area contributed by atoms with Crippen LogP contribution in [0.3, 0.4) is 0 Å². The molecular formula is C18H21N5O. The van der Waals surface area contributed by atoms with Crippen LogP contribution in [0.2, 0.25) is 0 Å². The number of H-pyrrole nitrogens is 1. The van der Waals surface area contributed by atoms with Crippen molar-refractivity contribution in [2.75, 3.05) is 24.5 Å². The monoisotopic (exact) mass is 323 g/mol. The fraction of sp³-hybridized carbons (Fsp3) is 0.444. The van der Waals surface area contributed by atoms with E-state index in [4.69, 9.17) is 0 Å². The number of aromatic amines is 1. The van der Waals surface area contributed by atoms with Crippen LogP contribution in [0, 0.1) is 11.3 Å². The number of amides is 1. The number of nitrogens with one attached hydrogen (secondary N) is 3. The van der Waals surface area contributed by atoms with Crippen LogP contribution in [-0.2, 0) is 4.79 Å². The van der Waals surface area contributed by atoms with Crippen LogP contribution in [-0.4, -0.2) is 42.6 Å². The average Bonchev–Trinajstić information content (AvgIpc) is 3.33. The van der Waals surface area contributed by atoms with Crippen LogP contribution in [0.4, 0.5) is 5.82 Å². The largest absolute Gasteiger partial charge is 0.355 e. The lowest BCUT2D eigenvalue weighted by molar-refractivity contribution is -0.123. The molecule has 0 radical (unpaired) electrons. The van der Waals surface area contributed by atoms with E-state index in [1.165, 1.54) is 0 Å². The quantitative estimate of drug-likeness (QED) is 0.799. The summed E-state index contributed by atoms with van der Waals surface area (Å²) in [5, 5.41) is 16.9. The molecule has 2 saturated heterocycles. The molecule has 0 bridgehead atoms. The predicted molar refractivity (Wildman–Crippen MR) is 92.8 cm³/mol. The maximum absolute atomic E-state index is 12.3. The molecule has 1 amide bonds. The van der Waals surface area contributed by atoms with Gasteiger partial charge in [-0.05, 0) is 31.9 Å². The van der Waals surface area contributed by atoms with Crippen molar-refractivity contribution < 1.29 is 4.79 Å². The Kier molecular flexibility index (Phi) is 3.87. The van der Waals surface area contributed by atoms with E-state index in [0.717, 1.165) is 55.6 Å². The number of carbonyl (C=O) groups is 1. The zero-order valence-corrected chi connectivity index (χ0v) is 13.5. The van der Waals surface area contributed by atoms with Gasteiger partial charge in [0.15, 0.2) is 0 Å². The van der Waals surface area contributed by atoms with Gasteiger partial charge in [0.25, 0.3) is 0 Å². The number of nitriles is 1. The minimum absolute atomic E-state index is 0.0400. The molecule has 3 heterocycles. The van der Waals surface area contributed by atoms with Crippen LogP contribution in [0.15, 0.2) is 24.3 Å². The Morgan fingerprint density at radius 2 is 2.21 bits per heavy atom. The van der Waals surface area contributed by atoms with Crippen LogP contribution in [0.25, 0.3) is 10.9 Å². The van der Waals surface area contributed by atoms with Gasteiger partial charge in [-0.2, -0.15) is 5.26 Å². The molecule has 1 aromatic heterocycles. The van der Waals surface area contributed by atoms with Gasteiger partial charge in [-0.15, -0.1) is 0 Å². The van der Waals surface area contributed by atoms with Gasteiger partial charge >= 0.3 is 0 Å². The third kappa shape index (κ3) is 2.61. The number of fused-ring (bicyclic) bond motifs is 1. The van der Waals surface area contributed by atoms with Crippen molar-refractivity contribution in [3.63, 3.8) is 0 Å². The van der Waals surface area contributed by atoms with Crippen molar-refractivity contribution in [2.45, 2.75) is 31.3 Å². The van der Waals surface area contributed by atoms with Gasteiger partial charge in [-0.25, -0.2) is 0 Å². The van der Waals surface area contributed by atoms with Crippen LogP contribution in [0.1, 0.15) is 24.8 Å². The van der Waals surface area contributed by atoms with E-state index in [-0.39, 0.29) is 18.0 Å². The zero-order valence-electron chi connectivity index (χ0n) is 13.5.